The van der Waals surface area contributed by atoms with Crippen molar-refractivity contribution >= 4 is 11.7 Å². The summed E-state index contributed by atoms with van der Waals surface area (Å²) in [5.74, 6) is -0.244. The van der Waals surface area contributed by atoms with E-state index in [4.69, 9.17) is 0 Å². The van der Waals surface area contributed by atoms with Gasteiger partial charge in [0.05, 0.1) is 5.56 Å². The lowest BCUT2D eigenvalue weighted by Gasteiger charge is -2.30. The van der Waals surface area contributed by atoms with E-state index in [1.54, 1.807) is 24.3 Å². The second kappa shape index (κ2) is 5.97. The predicted octanol–water partition coefficient (Wildman–Crippen LogP) is 1.76. The minimum Gasteiger partial charge on any atom is -0.348 e. The van der Waals surface area contributed by atoms with Crippen LogP contribution in [0.4, 0.5) is 0 Å². The van der Waals surface area contributed by atoms with Crippen molar-refractivity contribution in [1.82, 2.24) is 10.6 Å². The molecule has 19 heavy (non-hydrogen) atoms. The van der Waals surface area contributed by atoms with Crippen LogP contribution in [0.25, 0.3) is 0 Å². The molecule has 0 aliphatic carbocycles. The van der Waals surface area contributed by atoms with Crippen molar-refractivity contribution in [3.63, 3.8) is 0 Å². The molecule has 1 fully saturated rings. The van der Waals surface area contributed by atoms with Crippen molar-refractivity contribution in [2.45, 2.75) is 38.8 Å². The van der Waals surface area contributed by atoms with Gasteiger partial charge in [0.1, 0.15) is 0 Å². The van der Waals surface area contributed by atoms with Crippen LogP contribution in [0.2, 0.25) is 0 Å². The summed E-state index contributed by atoms with van der Waals surface area (Å²) in [6, 6.07) is 7.35. The van der Waals surface area contributed by atoms with Crippen molar-refractivity contribution in [1.29, 1.82) is 0 Å². The van der Waals surface area contributed by atoms with Gasteiger partial charge in [-0.25, -0.2) is 0 Å². The van der Waals surface area contributed by atoms with Gasteiger partial charge in [0.25, 0.3) is 5.91 Å². The molecular weight excluding hydrogens is 240 g/mol. The molecule has 0 saturated carbocycles. The number of hydrogen-bond donors (Lipinski definition) is 2. The number of piperidine rings is 1. The maximum atomic E-state index is 12.3. The molecule has 1 aromatic carbocycles. The van der Waals surface area contributed by atoms with Crippen LogP contribution in [0.5, 0.6) is 0 Å². The summed E-state index contributed by atoms with van der Waals surface area (Å²) in [4.78, 5) is 23.8. The fraction of sp³-hybridized carbons (Fsp3) is 0.467. The summed E-state index contributed by atoms with van der Waals surface area (Å²) in [6.45, 7) is 4.55. The first-order valence-electron chi connectivity index (χ1n) is 6.74. The molecule has 2 N–H and O–H groups in total. The zero-order chi connectivity index (χ0) is 13.8. The summed E-state index contributed by atoms with van der Waals surface area (Å²) in [5, 5.41) is 6.37. The zero-order valence-corrected chi connectivity index (χ0v) is 11.4. The second-order valence-corrected chi connectivity index (χ2v) is 5.07. The van der Waals surface area contributed by atoms with E-state index in [0.29, 0.717) is 11.1 Å². The average molecular weight is 260 g/mol. The molecular formula is C15H20N2O2. The van der Waals surface area contributed by atoms with Crippen LogP contribution in [0.15, 0.2) is 24.3 Å². The molecule has 2 atom stereocenters. The Morgan fingerprint density at radius 3 is 2.58 bits per heavy atom. The molecule has 1 aromatic rings. The summed E-state index contributed by atoms with van der Waals surface area (Å²) in [5.41, 5.74) is 0.948. The number of rotatable bonds is 3. The van der Waals surface area contributed by atoms with E-state index in [0.717, 1.165) is 19.4 Å². The smallest absolute Gasteiger partial charge is 0.252 e. The molecule has 1 amide bonds. The van der Waals surface area contributed by atoms with Gasteiger partial charge in [-0.2, -0.15) is 0 Å². The van der Waals surface area contributed by atoms with Gasteiger partial charge in [-0.1, -0.05) is 18.2 Å². The van der Waals surface area contributed by atoms with Gasteiger partial charge in [0.2, 0.25) is 0 Å². The summed E-state index contributed by atoms with van der Waals surface area (Å²) in [7, 11) is 0. The number of hydrogen-bond acceptors (Lipinski definition) is 3. The SMILES string of the molecule is CC(=O)c1ccccc1C(=O)NC1CCCNC1C. The van der Waals surface area contributed by atoms with Gasteiger partial charge in [-0.3, -0.25) is 9.59 Å². The molecule has 1 heterocycles. The standard InChI is InChI=1S/C15H20N2O2/c1-10-14(8-5-9-16-10)17-15(19)13-7-4-3-6-12(13)11(2)18/h3-4,6-7,10,14,16H,5,8-9H2,1-2H3,(H,17,19). The highest BCUT2D eigenvalue weighted by Gasteiger charge is 2.24. The average Bonchev–Trinajstić information content (AvgIpc) is 2.41. The lowest BCUT2D eigenvalue weighted by molar-refractivity contribution is 0.0909. The van der Waals surface area contributed by atoms with Crippen molar-refractivity contribution < 1.29 is 9.59 Å². The molecule has 0 radical (unpaired) electrons. The number of carbonyl (C=O) groups excluding carboxylic acids is 2. The topological polar surface area (TPSA) is 58.2 Å². The van der Waals surface area contributed by atoms with E-state index < -0.39 is 0 Å². The number of nitrogens with one attached hydrogen (secondary N) is 2. The van der Waals surface area contributed by atoms with E-state index in [9.17, 15) is 9.59 Å². The molecule has 1 saturated heterocycles. The highest BCUT2D eigenvalue weighted by atomic mass is 16.2. The van der Waals surface area contributed by atoms with Crippen molar-refractivity contribution in [2.75, 3.05) is 6.54 Å². The first-order valence-corrected chi connectivity index (χ1v) is 6.74. The van der Waals surface area contributed by atoms with Crippen LogP contribution in [-0.2, 0) is 0 Å². The number of amides is 1. The summed E-state index contributed by atoms with van der Waals surface area (Å²) >= 11 is 0. The molecule has 2 rings (SSSR count). The first-order chi connectivity index (χ1) is 9.09. The van der Waals surface area contributed by atoms with Gasteiger partial charge in [-0.05, 0) is 39.3 Å². The van der Waals surface area contributed by atoms with E-state index >= 15 is 0 Å². The Morgan fingerprint density at radius 1 is 1.26 bits per heavy atom. The highest BCUT2D eigenvalue weighted by molar-refractivity contribution is 6.07. The number of Topliss-reactive ketones (excluding diaryl/α,β-unsaturated/α-hetero) is 1. The Balaban J connectivity index is 2.13. The molecule has 2 unspecified atom stereocenters. The van der Waals surface area contributed by atoms with Crippen LogP contribution < -0.4 is 10.6 Å². The van der Waals surface area contributed by atoms with Gasteiger partial charge in [0, 0.05) is 17.6 Å². The second-order valence-electron chi connectivity index (χ2n) is 5.07. The van der Waals surface area contributed by atoms with Crippen molar-refractivity contribution in [3.05, 3.63) is 35.4 Å². The minimum absolute atomic E-state index is 0.0828. The molecule has 0 spiro atoms. The molecule has 4 nitrogen and oxygen atoms in total. The van der Waals surface area contributed by atoms with Gasteiger partial charge in [-0.15, -0.1) is 0 Å². The van der Waals surface area contributed by atoms with Crippen LogP contribution in [-0.4, -0.2) is 30.3 Å². The maximum Gasteiger partial charge on any atom is 0.252 e. The van der Waals surface area contributed by atoms with Crippen LogP contribution in [0.1, 0.15) is 47.4 Å². The highest BCUT2D eigenvalue weighted by Crippen LogP contribution is 2.13. The molecule has 1 aliphatic rings. The fourth-order valence-corrected chi connectivity index (χ4v) is 2.48. The van der Waals surface area contributed by atoms with Crippen LogP contribution >= 0.6 is 0 Å². The largest absolute Gasteiger partial charge is 0.348 e. The van der Waals surface area contributed by atoms with Gasteiger partial charge >= 0.3 is 0 Å². The lowest BCUT2D eigenvalue weighted by Crippen LogP contribution is -2.52. The van der Waals surface area contributed by atoms with E-state index in [-0.39, 0.29) is 23.8 Å². The number of benzene rings is 1. The molecule has 0 bridgehead atoms. The maximum absolute atomic E-state index is 12.3. The van der Waals surface area contributed by atoms with Crippen molar-refractivity contribution in [3.8, 4) is 0 Å². The number of ketones is 1. The summed E-state index contributed by atoms with van der Waals surface area (Å²) in [6.07, 6.45) is 2.03. The third-order valence-corrected chi connectivity index (χ3v) is 3.63. The van der Waals surface area contributed by atoms with Gasteiger partial charge < -0.3 is 10.6 Å². The normalized spacial score (nSPS) is 22.8. The molecule has 4 heteroatoms. The van der Waals surface area contributed by atoms with Crippen LogP contribution in [0, 0.1) is 0 Å². The Labute approximate surface area is 113 Å². The Bertz CT molecular complexity index is 485. The fourth-order valence-electron chi connectivity index (χ4n) is 2.48. The number of carbonyl (C=O) groups is 2. The van der Waals surface area contributed by atoms with E-state index in [1.165, 1.54) is 6.92 Å². The molecule has 1 aliphatic heterocycles. The van der Waals surface area contributed by atoms with E-state index in [2.05, 4.69) is 17.6 Å². The Morgan fingerprint density at radius 2 is 1.95 bits per heavy atom. The minimum atomic E-state index is -0.161. The lowest BCUT2D eigenvalue weighted by atomic mass is 9.98. The summed E-state index contributed by atoms with van der Waals surface area (Å²) < 4.78 is 0. The van der Waals surface area contributed by atoms with Gasteiger partial charge in [0.15, 0.2) is 5.78 Å². The quantitative estimate of drug-likeness (QED) is 0.814. The Kier molecular flexibility index (Phi) is 4.32. The van der Waals surface area contributed by atoms with Crippen LogP contribution in [0.3, 0.4) is 0 Å². The Hall–Kier alpha value is -1.68. The molecule has 102 valence electrons. The third-order valence-electron chi connectivity index (χ3n) is 3.63. The molecule has 0 aromatic heterocycles. The van der Waals surface area contributed by atoms with Crippen molar-refractivity contribution in [2.24, 2.45) is 0 Å². The third kappa shape index (κ3) is 3.20. The monoisotopic (exact) mass is 260 g/mol. The first kappa shape index (κ1) is 13.7. The van der Waals surface area contributed by atoms with E-state index in [1.807, 2.05) is 0 Å². The zero-order valence-electron chi connectivity index (χ0n) is 11.4. The predicted molar refractivity (Wildman–Crippen MR) is 74.4 cm³/mol.